The van der Waals surface area contributed by atoms with E-state index in [9.17, 15) is 12.8 Å². The number of hydrogen-bond acceptors (Lipinski definition) is 6. The van der Waals surface area contributed by atoms with Crippen LogP contribution in [0.1, 0.15) is 38.5 Å². The molecule has 2 aromatic carbocycles. The summed E-state index contributed by atoms with van der Waals surface area (Å²) in [6, 6.07) is 13.5. The van der Waals surface area contributed by atoms with Crippen molar-refractivity contribution in [3.8, 4) is 0 Å². The number of halogens is 1. The van der Waals surface area contributed by atoms with Gasteiger partial charge in [0, 0.05) is 25.0 Å². The Bertz CT molecular complexity index is 1270. The lowest BCUT2D eigenvalue weighted by molar-refractivity contribution is 0.284. The zero-order chi connectivity index (χ0) is 24.3. The van der Waals surface area contributed by atoms with Gasteiger partial charge in [-0.05, 0) is 80.5 Å². The van der Waals surface area contributed by atoms with Crippen LogP contribution in [-0.2, 0) is 10.0 Å². The minimum absolute atomic E-state index is 0.253. The van der Waals surface area contributed by atoms with Gasteiger partial charge in [0.05, 0.1) is 5.52 Å². The van der Waals surface area contributed by atoms with E-state index in [0.29, 0.717) is 18.4 Å². The lowest BCUT2D eigenvalue weighted by Crippen LogP contribution is -2.32. The smallest absolute Gasteiger partial charge is 0.243 e. The largest absolute Gasteiger partial charge is 0.369 e. The highest BCUT2D eigenvalue weighted by molar-refractivity contribution is 7.89. The fourth-order valence-corrected chi connectivity index (χ4v) is 5.89. The molecule has 0 amide bonds. The molecule has 0 atom stereocenters. The number of sulfonamides is 1. The third-order valence-corrected chi connectivity index (χ3v) is 8.52. The van der Waals surface area contributed by atoms with E-state index in [1.807, 2.05) is 18.2 Å². The Balaban J connectivity index is 1.12. The monoisotopic (exact) mass is 497 g/mol. The number of hydrogen-bond donors (Lipinski definition) is 3. The van der Waals surface area contributed by atoms with E-state index >= 15 is 0 Å². The first-order valence-electron chi connectivity index (χ1n) is 12.5. The van der Waals surface area contributed by atoms with E-state index in [0.717, 1.165) is 67.5 Å². The molecule has 1 aromatic heterocycles. The number of anilines is 2. The molecular formula is C26H32FN5O2S. The van der Waals surface area contributed by atoms with Crippen molar-refractivity contribution in [2.75, 3.05) is 30.3 Å². The third kappa shape index (κ3) is 6.08. The molecule has 0 aliphatic heterocycles. The van der Waals surface area contributed by atoms with Gasteiger partial charge in [0.1, 0.15) is 16.5 Å². The van der Waals surface area contributed by atoms with Crippen LogP contribution in [0.5, 0.6) is 0 Å². The normalized spacial score (nSPS) is 20.6. The Morgan fingerprint density at radius 3 is 2.09 bits per heavy atom. The lowest BCUT2D eigenvalue weighted by Gasteiger charge is -2.28. The van der Waals surface area contributed by atoms with Crippen LogP contribution in [0.4, 0.5) is 16.2 Å². The van der Waals surface area contributed by atoms with Gasteiger partial charge in [-0.1, -0.05) is 24.3 Å². The molecule has 1 heterocycles. The van der Waals surface area contributed by atoms with Crippen molar-refractivity contribution >= 4 is 32.7 Å². The van der Waals surface area contributed by atoms with Crippen LogP contribution in [0, 0.1) is 23.6 Å². The molecule has 0 bridgehead atoms. The molecule has 2 aliphatic rings. The van der Waals surface area contributed by atoms with Crippen molar-refractivity contribution in [3.05, 3.63) is 54.3 Å². The van der Waals surface area contributed by atoms with Crippen LogP contribution >= 0.6 is 0 Å². The molecular weight excluding hydrogens is 465 g/mol. The fraction of sp³-hybridized carbons (Fsp3) is 0.462. The van der Waals surface area contributed by atoms with Crippen LogP contribution in [0.2, 0.25) is 0 Å². The highest BCUT2D eigenvalue weighted by Gasteiger charge is 2.25. The summed E-state index contributed by atoms with van der Waals surface area (Å²) in [5.41, 5.74) is 0.925. The Hall–Kier alpha value is -2.78. The van der Waals surface area contributed by atoms with Gasteiger partial charge in [-0.3, -0.25) is 0 Å². The Kier molecular flexibility index (Phi) is 7.15. The Labute approximate surface area is 206 Å². The van der Waals surface area contributed by atoms with Crippen LogP contribution in [0.3, 0.4) is 0 Å². The molecule has 5 rings (SSSR count). The van der Waals surface area contributed by atoms with E-state index in [2.05, 4.69) is 21.4 Å². The second-order valence-electron chi connectivity index (χ2n) is 9.79. The molecule has 3 N–H and O–H groups in total. The predicted octanol–water partition coefficient (Wildman–Crippen LogP) is 4.79. The average molecular weight is 498 g/mol. The third-order valence-electron chi connectivity index (χ3n) is 7.06. The molecule has 35 heavy (non-hydrogen) atoms. The van der Waals surface area contributed by atoms with Gasteiger partial charge in [0.15, 0.2) is 0 Å². The minimum Gasteiger partial charge on any atom is -0.369 e. The second-order valence-corrected chi connectivity index (χ2v) is 11.5. The van der Waals surface area contributed by atoms with Crippen LogP contribution < -0.4 is 15.4 Å². The van der Waals surface area contributed by atoms with Gasteiger partial charge in [0.25, 0.3) is 0 Å². The molecule has 3 aromatic rings. The molecule has 186 valence electrons. The molecule has 2 saturated carbocycles. The summed E-state index contributed by atoms with van der Waals surface area (Å²) >= 11 is 0. The summed E-state index contributed by atoms with van der Waals surface area (Å²) in [4.78, 5) is 9.16. The first kappa shape index (κ1) is 23.9. The number of nitrogens with zero attached hydrogens (tertiary/aromatic N) is 2. The van der Waals surface area contributed by atoms with E-state index in [-0.39, 0.29) is 10.8 Å². The average Bonchev–Trinajstić information content (AvgIpc) is 3.70. The van der Waals surface area contributed by atoms with Crippen molar-refractivity contribution in [2.45, 2.75) is 43.4 Å². The van der Waals surface area contributed by atoms with Crippen molar-refractivity contribution in [1.82, 2.24) is 14.7 Å². The number of rotatable bonds is 10. The predicted molar refractivity (Wildman–Crippen MR) is 136 cm³/mol. The Morgan fingerprint density at radius 1 is 0.771 bits per heavy atom. The highest BCUT2D eigenvalue weighted by atomic mass is 32.2. The zero-order valence-corrected chi connectivity index (χ0v) is 20.5. The second kappa shape index (κ2) is 10.5. The minimum atomic E-state index is -3.84. The van der Waals surface area contributed by atoms with Crippen LogP contribution in [0.25, 0.3) is 10.9 Å². The molecule has 7 nitrogen and oxygen atoms in total. The zero-order valence-electron chi connectivity index (χ0n) is 19.7. The molecule has 0 radical (unpaired) electrons. The first-order chi connectivity index (χ1) is 17.0. The summed E-state index contributed by atoms with van der Waals surface area (Å²) in [5.74, 6) is 2.29. The van der Waals surface area contributed by atoms with Crippen molar-refractivity contribution in [2.24, 2.45) is 17.8 Å². The first-order valence-corrected chi connectivity index (χ1v) is 13.9. The number of aromatic nitrogens is 2. The van der Waals surface area contributed by atoms with E-state index in [4.69, 9.17) is 9.97 Å². The van der Waals surface area contributed by atoms with Crippen molar-refractivity contribution < 1.29 is 12.8 Å². The van der Waals surface area contributed by atoms with Crippen LogP contribution in [-0.4, -0.2) is 38.0 Å². The summed E-state index contributed by atoms with van der Waals surface area (Å²) in [7, 11) is -3.84. The fourth-order valence-electron chi connectivity index (χ4n) is 4.70. The number of para-hydroxylation sites is 1. The summed E-state index contributed by atoms with van der Waals surface area (Å²) < 4.78 is 41.4. The molecule has 2 aliphatic carbocycles. The standard InChI is InChI=1S/C26H32FN5O2S/c27-22-6-2-4-8-24(22)35(33,34)30-17-20-13-11-19(12-14-20)16-29-26-31-23-7-3-1-5-21(23)25(32-26)28-15-18-9-10-18/h1-8,18-20,30H,9-17H2,(H2,28,29,31,32). The molecule has 2 fully saturated rings. The van der Waals surface area contributed by atoms with Gasteiger partial charge in [0.2, 0.25) is 16.0 Å². The van der Waals surface area contributed by atoms with Gasteiger partial charge in [-0.15, -0.1) is 0 Å². The topological polar surface area (TPSA) is 96.0 Å². The van der Waals surface area contributed by atoms with Gasteiger partial charge < -0.3 is 10.6 Å². The van der Waals surface area contributed by atoms with Gasteiger partial charge in [-0.25, -0.2) is 22.5 Å². The summed E-state index contributed by atoms with van der Waals surface area (Å²) in [6.45, 7) is 2.07. The summed E-state index contributed by atoms with van der Waals surface area (Å²) in [6.07, 6.45) is 6.43. The number of fused-ring (bicyclic) bond motifs is 1. The van der Waals surface area contributed by atoms with Gasteiger partial charge in [-0.2, -0.15) is 4.98 Å². The molecule has 0 unspecified atom stereocenters. The maximum atomic E-state index is 13.9. The van der Waals surface area contributed by atoms with Crippen molar-refractivity contribution in [3.63, 3.8) is 0 Å². The van der Waals surface area contributed by atoms with Gasteiger partial charge >= 0.3 is 0 Å². The maximum absolute atomic E-state index is 13.9. The lowest BCUT2D eigenvalue weighted by atomic mass is 9.82. The Morgan fingerprint density at radius 2 is 1.37 bits per heavy atom. The number of nitrogens with one attached hydrogen (secondary N) is 3. The maximum Gasteiger partial charge on any atom is 0.243 e. The summed E-state index contributed by atoms with van der Waals surface area (Å²) in [5, 5.41) is 7.98. The van der Waals surface area contributed by atoms with E-state index in [1.165, 1.54) is 31.0 Å². The quantitative estimate of drug-likeness (QED) is 0.373. The SMILES string of the molecule is O=S(=O)(NCC1CCC(CNc2nc(NCC3CC3)c3ccccc3n2)CC1)c1ccccc1F. The highest BCUT2D eigenvalue weighted by Crippen LogP contribution is 2.31. The van der Waals surface area contributed by atoms with E-state index < -0.39 is 15.8 Å². The molecule has 9 heteroatoms. The molecule has 0 spiro atoms. The van der Waals surface area contributed by atoms with Crippen molar-refractivity contribution in [1.29, 1.82) is 0 Å². The number of benzene rings is 2. The molecule has 0 saturated heterocycles. The van der Waals surface area contributed by atoms with E-state index in [1.54, 1.807) is 0 Å². The van der Waals surface area contributed by atoms with Crippen LogP contribution in [0.15, 0.2) is 53.4 Å².